The lowest BCUT2D eigenvalue weighted by molar-refractivity contribution is -0.137. The summed E-state index contributed by atoms with van der Waals surface area (Å²) in [5, 5.41) is 4.08. The summed E-state index contributed by atoms with van der Waals surface area (Å²) < 4.78 is 38.7. The molecular formula is C12H11F3N2. The highest BCUT2D eigenvalue weighted by atomic mass is 19.4. The molecule has 0 spiro atoms. The first-order chi connectivity index (χ1) is 7.95. The first-order valence-electron chi connectivity index (χ1n) is 5.10. The summed E-state index contributed by atoms with van der Waals surface area (Å²) in [4.78, 5) is 0. The number of benzene rings is 1. The van der Waals surface area contributed by atoms with Gasteiger partial charge in [-0.15, -0.1) is 0 Å². The molecule has 2 nitrogen and oxygen atoms in total. The zero-order chi connectivity index (χ0) is 12.5. The quantitative estimate of drug-likeness (QED) is 0.787. The Morgan fingerprint density at radius 3 is 2.29 bits per heavy atom. The summed E-state index contributed by atoms with van der Waals surface area (Å²) in [7, 11) is 0. The third-order valence-electron chi connectivity index (χ3n) is 2.39. The standard InChI is InChI=1S/C12H11F3N2/c1-9-6-16-17(7-9)8-10-2-4-11(5-3-10)12(13,14)15/h2-7H,8H2,1H3. The molecule has 0 saturated carbocycles. The minimum absolute atomic E-state index is 0.478. The Hall–Kier alpha value is -1.78. The highest BCUT2D eigenvalue weighted by molar-refractivity contribution is 5.24. The summed E-state index contributed by atoms with van der Waals surface area (Å²) in [6.07, 6.45) is -0.720. The van der Waals surface area contributed by atoms with Crippen LogP contribution in [-0.4, -0.2) is 9.78 Å². The Kier molecular flexibility index (Phi) is 2.92. The van der Waals surface area contributed by atoms with Gasteiger partial charge in [-0.25, -0.2) is 0 Å². The molecule has 0 radical (unpaired) electrons. The fourth-order valence-electron chi connectivity index (χ4n) is 1.54. The number of hydrogen-bond donors (Lipinski definition) is 0. The number of hydrogen-bond acceptors (Lipinski definition) is 1. The van der Waals surface area contributed by atoms with Crippen molar-refractivity contribution in [1.82, 2.24) is 9.78 Å². The molecule has 90 valence electrons. The number of aromatic nitrogens is 2. The van der Waals surface area contributed by atoms with Gasteiger partial charge in [-0.2, -0.15) is 18.3 Å². The minimum Gasteiger partial charge on any atom is -0.268 e. The van der Waals surface area contributed by atoms with Crippen LogP contribution in [0.1, 0.15) is 16.7 Å². The van der Waals surface area contributed by atoms with Gasteiger partial charge in [-0.1, -0.05) is 12.1 Å². The fraction of sp³-hybridized carbons (Fsp3) is 0.250. The Labute approximate surface area is 96.7 Å². The van der Waals surface area contributed by atoms with Crippen LogP contribution >= 0.6 is 0 Å². The molecule has 2 aromatic rings. The molecule has 0 bridgehead atoms. The van der Waals surface area contributed by atoms with Gasteiger partial charge in [0, 0.05) is 6.20 Å². The average molecular weight is 240 g/mol. The van der Waals surface area contributed by atoms with Crippen molar-refractivity contribution < 1.29 is 13.2 Å². The van der Waals surface area contributed by atoms with Crippen molar-refractivity contribution in [3.8, 4) is 0 Å². The van der Waals surface area contributed by atoms with Gasteiger partial charge in [-0.05, 0) is 30.2 Å². The number of rotatable bonds is 2. The van der Waals surface area contributed by atoms with E-state index in [2.05, 4.69) is 5.10 Å². The van der Waals surface area contributed by atoms with Gasteiger partial charge in [0.15, 0.2) is 0 Å². The van der Waals surface area contributed by atoms with Crippen molar-refractivity contribution in [2.45, 2.75) is 19.6 Å². The maximum Gasteiger partial charge on any atom is 0.416 e. The molecule has 1 heterocycles. The van der Waals surface area contributed by atoms with Gasteiger partial charge in [0.2, 0.25) is 0 Å². The highest BCUT2D eigenvalue weighted by Gasteiger charge is 2.29. The Balaban J connectivity index is 2.13. The van der Waals surface area contributed by atoms with E-state index in [0.29, 0.717) is 6.54 Å². The van der Waals surface area contributed by atoms with E-state index in [1.54, 1.807) is 10.9 Å². The van der Waals surface area contributed by atoms with Gasteiger partial charge < -0.3 is 0 Å². The molecule has 0 aliphatic carbocycles. The van der Waals surface area contributed by atoms with E-state index in [4.69, 9.17) is 0 Å². The molecule has 0 fully saturated rings. The Morgan fingerprint density at radius 2 is 1.82 bits per heavy atom. The molecule has 0 atom stereocenters. The van der Waals surface area contributed by atoms with Crippen molar-refractivity contribution in [3.05, 3.63) is 53.3 Å². The van der Waals surface area contributed by atoms with Crippen molar-refractivity contribution >= 4 is 0 Å². The minimum atomic E-state index is -4.28. The van der Waals surface area contributed by atoms with Crippen LogP contribution < -0.4 is 0 Å². The van der Waals surface area contributed by atoms with Crippen LogP contribution in [0.3, 0.4) is 0 Å². The Morgan fingerprint density at radius 1 is 1.18 bits per heavy atom. The number of aryl methyl sites for hydroxylation is 1. The summed E-state index contributed by atoms with van der Waals surface area (Å²) in [6.45, 7) is 2.39. The molecule has 1 aromatic carbocycles. The largest absolute Gasteiger partial charge is 0.416 e. The van der Waals surface area contributed by atoms with E-state index in [9.17, 15) is 13.2 Å². The van der Waals surface area contributed by atoms with Crippen LogP contribution in [0.15, 0.2) is 36.7 Å². The lowest BCUT2D eigenvalue weighted by atomic mass is 10.1. The zero-order valence-electron chi connectivity index (χ0n) is 9.20. The molecule has 0 saturated heterocycles. The van der Waals surface area contributed by atoms with Crippen molar-refractivity contribution in [2.75, 3.05) is 0 Å². The van der Waals surface area contributed by atoms with Gasteiger partial charge in [0.1, 0.15) is 0 Å². The second-order valence-electron chi connectivity index (χ2n) is 3.91. The van der Waals surface area contributed by atoms with E-state index in [1.807, 2.05) is 13.1 Å². The predicted octanol–water partition coefficient (Wildman–Crippen LogP) is 3.26. The molecule has 0 unspecified atom stereocenters. The van der Waals surface area contributed by atoms with E-state index < -0.39 is 11.7 Å². The molecule has 0 aliphatic rings. The lowest BCUT2D eigenvalue weighted by Crippen LogP contribution is -2.05. The second-order valence-corrected chi connectivity index (χ2v) is 3.91. The lowest BCUT2D eigenvalue weighted by Gasteiger charge is -2.07. The van der Waals surface area contributed by atoms with Crippen molar-refractivity contribution in [2.24, 2.45) is 0 Å². The first kappa shape index (κ1) is 11.7. The fourth-order valence-corrected chi connectivity index (χ4v) is 1.54. The smallest absolute Gasteiger partial charge is 0.268 e. The molecule has 17 heavy (non-hydrogen) atoms. The average Bonchev–Trinajstić information content (AvgIpc) is 2.63. The maximum atomic E-state index is 12.3. The topological polar surface area (TPSA) is 17.8 Å². The monoisotopic (exact) mass is 240 g/mol. The molecule has 0 aliphatic heterocycles. The molecule has 5 heteroatoms. The molecule has 2 rings (SSSR count). The summed E-state index contributed by atoms with van der Waals surface area (Å²) in [6, 6.07) is 5.12. The Bertz CT molecular complexity index is 497. The van der Waals surface area contributed by atoms with Crippen LogP contribution in [0.5, 0.6) is 0 Å². The maximum absolute atomic E-state index is 12.3. The number of halogens is 3. The van der Waals surface area contributed by atoms with E-state index in [1.165, 1.54) is 12.1 Å². The summed E-state index contributed by atoms with van der Waals surface area (Å²) >= 11 is 0. The van der Waals surface area contributed by atoms with Crippen LogP contribution in [0.4, 0.5) is 13.2 Å². The van der Waals surface area contributed by atoms with Gasteiger partial charge in [0.05, 0.1) is 18.3 Å². The van der Waals surface area contributed by atoms with Crippen LogP contribution in [0, 0.1) is 6.92 Å². The van der Waals surface area contributed by atoms with Crippen molar-refractivity contribution in [3.63, 3.8) is 0 Å². The third-order valence-corrected chi connectivity index (χ3v) is 2.39. The second kappa shape index (κ2) is 4.24. The molecule has 0 amide bonds. The molecule has 1 aromatic heterocycles. The van der Waals surface area contributed by atoms with E-state index >= 15 is 0 Å². The third kappa shape index (κ3) is 2.87. The molecular weight excluding hydrogens is 229 g/mol. The van der Waals surface area contributed by atoms with Crippen LogP contribution in [0.2, 0.25) is 0 Å². The normalized spacial score (nSPS) is 11.8. The SMILES string of the molecule is Cc1cnn(Cc2ccc(C(F)(F)F)cc2)c1. The number of nitrogens with zero attached hydrogens (tertiary/aromatic N) is 2. The van der Waals surface area contributed by atoms with Gasteiger partial charge in [-0.3, -0.25) is 4.68 Å². The van der Waals surface area contributed by atoms with Crippen LogP contribution in [-0.2, 0) is 12.7 Å². The van der Waals surface area contributed by atoms with Crippen LogP contribution in [0.25, 0.3) is 0 Å². The molecule has 0 N–H and O–H groups in total. The zero-order valence-corrected chi connectivity index (χ0v) is 9.20. The first-order valence-corrected chi connectivity index (χ1v) is 5.10. The number of alkyl halides is 3. The highest BCUT2D eigenvalue weighted by Crippen LogP contribution is 2.29. The van der Waals surface area contributed by atoms with E-state index in [0.717, 1.165) is 23.3 Å². The summed E-state index contributed by atoms with van der Waals surface area (Å²) in [5.41, 5.74) is 1.19. The van der Waals surface area contributed by atoms with Gasteiger partial charge >= 0.3 is 6.18 Å². The van der Waals surface area contributed by atoms with Gasteiger partial charge in [0.25, 0.3) is 0 Å². The van der Waals surface area contributed by atoms with E-state index in [-0.39, 0.29) is 0 Å². The summed E-state index contributed by atoms with van der Waals surface area (Å²) in [5.74, 6) is 0. The predicted molar refractivity (Wildman–Crippen MR) is 57.5 cm³/mol. The van der Waals surface area contributed by atoms with Crippen molar-refractivity contribution in [1.29, 1.82) is 0 Å².